The van der Waals surface area contributed by atoms with Crippen LogP contribution >= 0.6 is 0 Å². The van der Waals surface area contributed by atoms with E-state index in [1.165, 1.54) is 31.2 Å². The Hall–Kier alpha value is -1.78. The summed E-state index contributed by atoms with van der Waals surface area (Å²) in [6.45, 7) is 2.22. The number of carbonyl (C=O) groups is 1. The zero-order valence-corrected chi connectivity index (χ0v) is 8.97. The fourth-order valence-corrected chi connectivity index (χ4v) is 1.16. The third-order valence-corrected chi connectivity index (χ3v) is 1.96. The predicted molar refractivity (Wildman–Crippen MR) is 56.9 cm³/mol. The Bertz CT molecular complexity index is 407. The SMILES string of the molecule is CC(=N)NC(=O)c1ccc(C(C)(F)F)cc1. The molecule has 0 fully saturated rings. The summed E-state index contributed by atoms with van der Waals surface area (Å²) < 4.78 is 25.7. The van der Waals surface area contributed by atoms with Gasteiger partial charge in [0.05, 0.1) is 5.84 Å². The number of benzene rings is 1. The minimum absolute atomic E-state index is 0.00916. The first-order valence-corrected chi connectivity index (χ1v) is 4.65. The highest BCUT2D eigenvalue weighted by molar-refractivity contribution is 6.04. The first kappa shape index (κ1) is 12.3. The highest BCUT2D eigenvalue weighted by atomic mass is 19.3. The lowest BCUT2D eigenvalue weighted by molar-refractivity contribution is 0.0174. The van der Waals surface area contributed by atoms with E-state index in [4.69, 9.17) is 5.41 Å². The van der Waals surface area contributed by atoms with E-state index in [-0.39, 0.29) is 17.0 Å². The van der Waals surface area contributed by atoms with Crippen molar-refractivity contribution in [3.63, 3.8) is 0 Å². The highest BCUT2D eigenvalue weighted by Crippen LogP contribution is 2.26. The van der Waals surface area contributed by atoms with Crippen LogP contribution in [0.4, 0.5) is 8.78 Å². The van der Waals surface area contributed by atoms with E-state index in [0.29, 0.717) is 0 Å². The molecule has 3 nitrogen and oxygen atoms in total. The molecule has 0 aromatic heterocycles. The van der Waals surface area contributed by atoms with Crippen LogP contribution in [0.25, 0.3) is 0 Å². The molecule has 1 aromatic carbocycles. The predicted octanol–water partition coefficient (Wildman–Crippen LogP) is 2.53. The molecular formula is C11H12F2N2O. The molecule has 0 radical (unpaired) electrons. The fourth-order valence-electron chi connectivity index (χ4n) is 1.16. The van der Waals surface area contributed by atoms with E-state index < -0.39 is 11.8 Å². The second-order valence-corrected chi connectivity index (χ2v) is 3.54. The first-order chi connectivity index (χ1) is 7.30. The molecular weight excluding hydrogens is 214 g/mol. The summed E-state index contributed by atoms with van der Waals surface area (Å²) in [6.07, 6.45) is 0. The summed E-state index contributed by atoms with van der Waals surface area (Å²) in [5.74, 6) is -3.37. The number of hydrogen-bond acceptors (Lipinski definition) is 2. The standard InChI is InChI=1S/C11H12F2N2O/c1-7(14)15-10(16)8-3-5-9(6-4-8)11(2,12)13/h3-6H,1-2H3,(H2,14,15,16). The molecule has 16 heavy (non-hydrogen) atoms. The van der Waals surface area contributed by atoms with Gasteiger partial charge in [-0.25, -0.2) is 8.78 Å². The molecule has 0 aliphatic carbocycles. The number of alkyl halides is 2. The molecule has 0 aliphatic rings. The fraction of sp³-hybridized carbons (Fsp3) is 0.273. The van der Waals surface area contributed by atoms with Crippen LogP contribution in [0.15, 0.2) is 24.3 Å². The number of nitrogens with one attached hydrogen (secondary N) is 2. The van der Waals surface area contributed by atoms with Gasteiger partial charge < -0.3 is 5.32 Å². The Morgan fingerprint density at radius 2 is 1.81 bits per heavy atom. The van der Waals surface area contributed by atoms with Crippen LogP contribution < -0.4 is 5.32 Å². The summed E-state index contributed by atoms with van der Waals surface area (Å²) in [6, 6.07) is 5.03. The van der Waals surface area contributed by atoms with Gasteiger partial charge in [-0.2, -0.15) is 0 Å². The number of carbonyl (C=O) groups excluding carboxylic acids is 1. The lowest BCUT2D eigenvalue weighted by Crippen LogP contribution is -2.27. The van der Waals surface area contributed by atoms with Gasteiger partial charge >= 0.3 is 0 Å². The van der Waals surface area contributed by atoms with Crippen LogP contribution in [0, 0.1) is 5.41 Å². The molecule has 1 aromatic rings. The van der Waals surface area contributed by atoms with Crippen LogP contribution in [0.3, 0.4) is 0 Å². The van der Waals surface area contributed by atoms with E-state index in [0.717, 1.165) is 6.92 Å². The molecule has 1 rings (SSSR count). The Morgan fingerprint density at radius 3 is 2.19 bits per heavy atom. The van der Waals surface area contributed by atoms with E-state index in [1.807, 2.05) is 0 Å². The third kappa shape index (κ3) is 3.12. The van der Waals surface area contributed by atoms with Gasteiger partial charge in [0.15, 0.2) is 0 Å². The minimum Gasteiger partial charge on any atom is -0.311 e. The molecule has 0 unspecified atom stereocenters. The Kier molecular flexibility index (Phi) is 3.37. The van der Waals surface area contributed by atoms with Crippen molar-refractivity contribution in [2.45, 2.75) is 19.8 Å². The van der Waals surface area contributed by atoms with Crippen LogP contribution in [-0.4, -0.2) is 11.7 Å². The van der Waals surface area contributed by atoms with Gasteiger partial charge in [0.1, 0.15) is 0 Å². The summed E-state index contributed by atoms with van der Waals surface area (Å²) in [7, 11) is 0. The lowest BCUT2D eigenvalue weighted by atomic mass is 10.1. The molecule has 0 aliphatic heterocycles. The molecule has 86 valence electrons. The average Bonchev–Trinajstić information content (AvgIpc) is 2.15. The second kappa shape index (κ2) is 4.38. The normalized spacial score (nSPS) is 11.0. The largest absolute Gasteiger partial charge is 0.311 e. The van der Waals surface area contributed by atoms with Gasteiger partial charge in [0, 0.05) is 18.1 Å². The van der Waals surface area contributed by atoms with E-state index in [2.05, 4.69) is 5.32 Å². The third-order valence-electron chi connectivity index (χ3n) is 1.96. The highest BCUT2D eigenvalue weighted by Gasteiger charge is 2.23. The molecule has 0 saturated carbocycles. The Labute approximate surface area is 92.0 Å². The van der Waals surface area contributed by atoms with Crippen molar-refractivity contribution < 1.29 is 13.6 Å². The quantitative estimate of drug-likeness (QED) is 0.591. The number of halogens is 2. The van der Waals surface area contributed by atoms with Gasteiger partial charge in [0.2, 0.25) is 0 Å². The smallest absolute Gasteiger partial charge is 0.270 e. The maximum absolute atomic E-state index is 12.9. The van der Waals surface area contributed by atoms with Crippen LogP contribution in [0.5, 0.6) is 0 Å². The van der Waals surface area contributed by atoms with Gasteiger partial charge in [0.25, 0.3) is 11.8 Å². The zero-order valence-electron chi connectivity index (χ0n) is 8.97. The van der Waals surface area contributed by atoms with Crippen molar-refractivity contribution in [1.29, 1.82) is 5.41 Å². The minimum atomic E-state index is -2.91. The molecule has 0 bridgehead atoms. The summed E-state index contributed by atoms with van der Waals surface area (Å²) in [4.78, 5) is 11.4. The molecule has 2 N–H and O–H groups in total. The number of amides is 1. The van der Waals surface area contributed by atoms with Crippen molar-refractivity contribution in [1.82, 2.24) is 5.32 Å². The van der Waals surface area contributed by atoms with Gasteiger partial charge in [-0.3, -0.25) is 10.2 Å². The molecule has 5 heteroatoms. The van der Waals surface area contributed by atoms with E-state index in [9.17, 15) is 13.6 Å². The number of hydrogen-bond donors (Lipinski definition) is 2. The van der Waals surface area contributed by atoms with Crippen molar-refractivity contribution in [3.05, 3.63) is 35.4 Å². The van der Waals surface area contributed by atoms with Gasteiger partial charge in [-0.15, -0.1) is 0 Å². The Morgan fingerprint density at radius 1 is 1.31 bits per heavy atom. The molecule has 0 heterocycles. The van der Waals surface area contributed by atoms with E-state index in [1.54, 1.807) is 0 Å². The van der Waals surface area contributed by atoms with Crippen LogP contribution in [0.2, 0.25) is 0 Å². The van der Waals surface area contributed by atoms with Crippen molar-refractivity contribution in [3.8, 4) is 0 Å². The van der Waals surface area contributed by atoms with Crippen molar-refractivity contribution >= 4 is 11.7 Å². The van der Waals surface area contributed by atoms with E-state index >= 15 is 0 Å². The van der Waals surface area contributed by atoms with Crippen LogP contribution in [0.1, 0.15) is 29.8 Å². The molecule has 0 saturated heterocycles. The van der Waals surface area contributed by atoms with Crippen molar-refractivity contribution in [2.75, 3.05) is 0 Å². The van der Waals surface area contributed by atoms with Crippen molar-refractivity contribution in [2.24, 2.45) is 0 Å². The maximum Gasteiger partial charge on any atom is 0.270 e. The maximum atomic E-state index is 12.9. The monoisotopic (exact) mass is 226 g/mol. The molecule has 0 atom stereocenters. The van der Waals surface area contributed by atoms with Gasteiger partial charge in [-0.1, -0.05) is 12.1 Å². The Balaban J connectivity index is 2.87. The summed E-state index contributed by atoms with van der Waals surface area (Å²) >= 11 is 0. The lowest BCUT2D eigenvalue weighted by Gasteiger charge is -2.10. The number of amidine groups is 1. The zero-order chi connectivity index (χ0) is 12.3. The topological polar surface area (TPSA) is 53.0 Å². The summed E-state index contributed by atoms with van der Waals surface area (Å²) in [5, 5.41) is 9.34. The summed E-state index contributed by atoms with van der Waals surface area (Å²) in [5.41, 5.74) is 0.107. The molecule has 1 amide bonds. The first-order valence-electron chi connectivity index (χ1n) is 4.65. The van der Waals surface area contributed by atoms with Crippen LogP contribution in [-0.2, 0) is 5.92 Å². The number of rotatable bonds is 2. The average molecular weight is 226 g/mol. The van der Waals surface area contributed by atoms with Gasteiger partial charge in [-0.05, 0) is 19.1 Å². The molecule has 0 spiro atoms. The second-order valence-electron chi connectivity index (χ2n) is 3.54.